The molecule has 27 heavy (non-hydrogen) atoms. The van der Waals surface area contributed by atoms with Gasteiger partial charge >= 0.3 is 6.61 Å². The minimum Gasteiger partial charge on any atom is -0.435 e. The van der Waals surface area contributed by atoms with Gasteiger partial charge in [-0.05, 0) is 48.4 Å². The normalized spacial score (nSPS) is 15.6. The van der Waals surface area contributed by atoms with Gasteiger partial charge in [0.1, 0.15) is 11.6 Å². The van der Waals surface area contributed by atoms with Crippen molar-refractivity contribution < 1.29 is 22.7 Å². The van der Waals surface area contributed by atoms with Gasteiger partial charge in [-0.2, -0.15) is 8.78 Å². The van der Waals surface area contributed by atoms with Crippen LogP contribution in [0, 0.1) is 5.82 Å². The molecule has 2 aromatic carbocycles. The molecule has 1 amide bonds. The molecule has 3 rings (SSSR count). The zero-order valence-corrected chi connectivity index (χ0v) is 14.8. The Morgan fingerprint density at radius 3 is 2.33 bits per heavy atom. The van der Waals surface area contributed by atoms with Crippen molar-refractivity contribution in [2.24, 2.45) is 0 Å². The minimum absolute atomic E-state index is 0.0305. The van der Waals surface area contributed by atoms with Crippen molar-refractivity contribution in [2.75, 3.05) is 26.2 Å². The summed E-state index contributed by atoms with van der Waals surface area (Å²) in [6, 6.07) is 12.2. The summed E-state index contributed by atoms with van der Waals surface area (Å²) < 4.78 is 41.7. The van der Waals surface area contributed by atoms with E-state index in [9.17, 15) is 18.0 Å². The maximum Gasteiger partial charge on any atom is 0.387 e. The molecule has 0 N–H and O–H groups in total. The van der Waals surface area contributed by atoms with Crippen LogP contribution in [-0.4, -0.2) is 48.5 Å². The quantitative estimate of drug-likeness (QED) is 0.794. The molecule has 1 heterocycles. The van der Waals surface area contributed by atoms with Crippen LogP contribution < -0.4 is 4.74 Å². The predicted octanol–water partition coefficient (Wildman–Crippen LogP) is 3.78. The number of amides is 1. The largest absolute Gasteiger partial charge is 0.435 e. The van der Waals surface area contributed by atoms with E-state index in [1.165, 1.54) is 36.4 Å². The van der Waals surface area contributed by atoms with Gasteiger partial charge in [-0.3, -0.25) is 9.69 Å². The first kappa shape index (κ1) is 19.2. The van der Waals surface area contributed by atoms with Gasteiger partial charge in [0.25, 0.3) is 5.91 Å². The fraction of sp³-hybridized carbons (Fsp3) is 0.350. The lowest BCUT2D eigenvalue weighted by Gasteiger charge is -2.22. The van der Waals surface area contributed by atoms with Crippen LogP contribution in [-0.2, 0) is 6.54 Å². The highest BCUT2D eigenvalue weighted by Crippen LogP contribution is 2.17. The highest BCUT2D eigenvalue weighted by molar-refractivity contribution is 5.94. The van der Waals surface area contributed by atoms with Gasteiger partial charge < -0.3 is 9.64 Å². The Labute approximate surface area is 156 Å². The molecule has 0 bridgehead atoms. The smallest absolute Gasteiger partial charge is 0.387 e. The van der Waals surface area contributed by atoms with Crippen LogP contribution in [0.2, 0.25) is 0 Å². The molecule has 2 aromatic rings. The van der Waals surface area contributed by atoms with Gasteiger partial charge in [0.2, 0.25) is 0 Å². The topological polar surface area (TPSA) is 32.8 Å². The molecule has 1 fully saturated rings. The molecule has 7 heteroatoms. The number of carbonyl (C=O) groups is 1. The summed E-state index contributed by atoms with van der Waals surface area (Å²) >= 11 is 0. The molecule has 0 saturated carbocycles. The molecule has 0 unspecified atom stereocenters. The zero-order chi connectivity index (χ0) is 19.2. The van der Waals surface area contributed by atoms with E-state index in [-0.39, 0.29) is 17.5 Å². The lowest BCUT2D eigenvalue weighted by molar-refractivity contribution is -0.0498. The van der Waals surface area contributed by atoms with E-state index >= 15 is 0 Å². The molecule has 0 aromatic heterocycles. The van der Waals surface area contributed by atoms with E-state index in [4.69, 9.17) is 0 Å². The number of hydrogen-bond acceptors (Lipinski definition) is 3. The predicted molar refractivity (Wildman–Crippen MR) is 95.3 cm³/mol. The summed E-state index contributed by atoms with van der Waals surface area (Å²) in [6.45, 7) is 0.604. The Kier molecular flexibility index (Phi) is 6.34. The number of carbonyl (C=O) groups excluding carboxylic acids is 1. The molecule has 0 radical (unpaired) electrons. The molecule has 4 nitrogen and oxygen atoms in total. The number of rotatable bonds is 5. The van der Waals surface area contributed by atoms with Crippen molar-refractivity contribution in [1.29, 1.82) is 0 Å². The number of nitrogens with zero attached hydrogens (tertiary/aromatic N) is 2. The second-order valence-corrected chi connectivity index (χ2v) is 6.45. The van der Waals surface area contributed by atoms with Crippen molar-refractivity contribution >= 4 is 5.91 Å². The van der Waals surface area contributed by atoms with E-state index in [1.807, 2.05) is 0 Å². The molecule has 0 spiro atoms. The van der Waals surface area contributed by atoms with E-state index in [0.717, 1.165) is 25.1 Å². The van der Waals surface area contributed by atoms with Crippen LogP contribution in [0.15, 0.2) is 48.5 Å². The van der Waals surface area contributed by atoms with Gasteiger partial charge in [-0.25, -0.2) is 4.39 Å². The van der Waals surface area contributed by atoms with E-state index in [1.54, 1.807) is 17.0 Å². The van der Waals surface area contributed by atoms with Crippen molar-refractivity contribution in [3.8, 4) is 5.75 Å². The summed E-state index contributed by atoms with van der Waals surface area (Å²) in [5.74, 6) is -0.346. The van der Waals surface area contributed by atoms with Crippen molar-refractivity contribution in [3.63, 3.8) is 0 Å². The molecule has 0 aliphatic carbocycles. The van der Waals surface area contributed by atoms with Gasteiger partial charge in [0.15, 0.2) is 0 Å². The van der Waals surface area contributed by atoms with Gasteiger partial charge in [-0.15, -0.1) is 0 Å². The van der Waals surface area contributed by atoms with Crippen molar-refractivity contribution in [2.45, 2.75) is 19.6 Å². The highest BCUT2D eigenvalue weighted by atomic mass is 19.3. The average molecular weight is 378 g/mol. The van der Waals surface area contributed by atoms with Crippen LogP contribution >= 0.6 is 0 Å². The molecular formula is C20H21F3N2O2. The Balaban J connectivity index is 1.56. The molecule has 0 atom stereocenters. The minimum atomic E-state index is -2.88. The van der Waals surface area contributed by atoms with E-state index in [0.29, 0.717) is 25.2 Å². The second-order valence-electron chi connectivity index (χ2n) is 6.45. The fourth-order valence-corrected chi connectivity index (χ4v) is 3.14. The van der Waals surface area contributed by atoms with Crippen LogP contribution in [0.5, 0.6) is 5.75 Å². The first-order valence-corrected chi connectivity index (χ1v) is 8.82. The summed E-state index contributed by atoms with van der Waals surface area (Å²) in [7, 11) is 0. The average Bonchev–Trinajstić information content (AvgIpc) is 2.89. The molecule has 144 valence electrons. The third-order valence-electron chi connectivity index (χ3n) is 4.52. The second kappa shape index (κ2) is 8.90. The maximum absolute atomic E-state index is 13.0. The van der Waals surface area contributed by atoms with Crippen LogP contribution in [0.4, 0.5) is 13.2 Å². The summed E-state index contributed by atoms with van der Waals surface area (Å²) in [5, 5.41) is 0. The SMILES string of the molecule is O=C(c1ccc(OC(F)F)cc1)N1CCCN(Cc2ccc(F)cc2)CC1. The lowest BCUT2D eigenvalue weighted by atomic mass is 10.2. The Bertz CT molecular complexity index is 751. The van der Waals surface area contributed by atoms with Crippen LogP contribution in [0.1, 0.15) is 22.3 Å². The Morgan fingerprint density at radius 1 is 0.963 bits per heavy atom. The fourth-order valence-electron chi connectivity index (χ4n) is 3.14. The summed E-state index contributed by atoms with van der Waals surface area (Å²) in [5.41, 5.74) is 1.48. The number of hydrogen-bond donors (Lipinski definition) is 0. The number of halogens is 3. The van der Waals surface area contributed by atoms with Crippen LogP contribution in [0.3, 0.4) is 0 Å². The van der Waals surface area contributed by atoms with E-state index in [2.05, 4.69) is 9.64 Å². The summed E-state index contributed by atoms with van der Waals surface area (Å²) in [6.07, 6.45) is 0.833. The van der Waals surface area contributed by atoms with E-state index < -0.39 is 6.61 Å². The number of benzene rings is 2. The molecule has 1 aliphatic heterocycles. The van der Waals surface area contributed by atoms with Crippen molar-refractivity contribution in [3.05, 3.63) is 65.5 Å². The van der Waals surface area contributed by atoms with Crippen LogP contribution in [0.25, 0.3) is 0 Å². The molecule has 1 aliphatic rings. The maximum atomic E-state index is 13.0. The summed E-state index contributed by atoms with van der Waals surface area (Å²) in [4.78, 5) is 16.7. The zero-order valence-electron chi connectivity index (χ0n) is 14.8. The number of alkyl halides is 2. The van der Waals surface area contributed by atoms with Crippen molar-refractivity contribution in [1.82, 2.24) is 9.80 Å². The molecule has 1 saturated heterocycles. The lowest BCUT2D eigenvalue weighted by Crippen LogP contribution is -2.35. The van der Waals surface area contributed by atoms with Gasteiger partial charge in [-0.1, -0.05) is 12.1 Å². The third-order valence-corrected chi connectivity index (χ3v) is 4.52. The Hall–Kier alpha value is -2.54. The third kappa shape index (κ3) is 5.47. The number of ether oxygens (including phenoxy) is 1. The first-order valence-electron chi connectivity index (χ1n) is 8.82. The monoisotopic (exact) mass is 378 g/mol. The standard InChI is InChI=1S/C20H21F3N2O2/c21-17-6-2-15(3-7-17)14-24-10-1-11-25(13-12-24)19(26)16-4-8-18(9-5-16)27-20(22)23/h2-9,20H,1,10-14H2. The van der Waals surface area contributed by atoms with Gasteiger partial charge in [0.05, 0.1) is 0 Å². The van der Waals surface area contributed by atoms with Gasteiger partial charge in [0, 0.05) is 38.3 Å². The highest BCUT2D eigenvalue weighted by Gasteiger charge is 2.20. The molecular weight excluding hydrogens is 357 g/mol. The Morgan fingerprint density at radius 2 is 1.67 bits per heavy atom. The first-order chi connectivity index (χ1) is 13.0.